The topological polar surface area (TPSA) is 88.3 Å². The SMILES string of the molecule is O=C(NCc1ncon1)c1ccc(C#CCO)c(Cl)c1. The number of aliphatic hydroxyl groups is 1. The first kappa shape index (κ1) is 14.1. The number of aliphatic hydroxyl groups excluding tert-OH is 1. The van der Waals surface area contributed by atoms with E-state index in [2.05, 4.69) is 31.8 Å². The summed E-state index contributed by atoms with van der Waals surface area (Å²) in [5.41, 5.74) is 0.948. The third kappa shape index (κ3) is 3.57. The molecule has 0 spiro atoms. The molecule has 6 nitrogen and oxygen atoms in total. The van der Waals surface area contributed by atoms with Crippen molar-refractivity contribution in [2.45, 2.75) is 6.54 Å². The molecule has 0 unspecified atom stereocenters. The van der Waals surface area contributed by atoms with E-state index in [1.807, 2.05) is 0 Å². The number of amides is 1. The van der Waals surface area contributed by atoms with Gasteiger partial charge in [-0.3, -0.25) is 4.79 Å². The average Bonchev–Trinajstić information content (AvgIpc) is 2.96. The Hall–Kier alpha value is -2.36. The maximum Gasteiger partial charge on any atom is 0.251 e. The summed E-state index contributed by atoms with van der Waals surface area (Å²) in [4.78, 5) is 15.7. The van der Waals surface area contributed by atoms with E-state index >= 15 is 0 Å². The van der Waals surface area contributed by atoms with E-state index in [0.29, 0.717) is 22.0 Å². The first-order valence-corrected chi connectivity index (χ1v) is 6.01. The second-order valence-corrected chi connectivity index (χ2v) is 4.09. The van der Waals surface area contributed by atoms with Gasteiger partial charge < -0.3 is 14.9 Å². The van der Waals surface area contributed by atoms with Gasteiger partial charge in [-0.2, -0.15) is 4.98 Å². The molecule has 0 bridgehead atoms. The summed E-state index contributed by atoms with van der Waals surface area (Å²) in [6, 6.07) is 4.72. The highest BCUT2D eigenvalue weighted by Gasteiger charge is 2.09. The van der Waals surface area contributed by atoms with Gasteiger partial charge in [-0.15, -0.1) is 0 Å². The Morgan fingerprint density at radius 2 is 2.35 bits per heavy atom. The number of carbonyl (C=O) groups is 1. The van der Waals surface area contributed by atoms with Gasteiger partial charge in [0.2, 0.25) is 6.39 Å². The van der Waals surface area contributed by atoms with Crippen molar-refractivity contribution in [2.75, 3.05) is 6.61 Å². The lowest BCUT2D eigenvalue weighted by molar-refractivity contribution is 0.0949. The van der Waals surface area contributed by atoms with Crippen molar-refractivity contribution >= 4 is 17.5 Å². The third-order valence-electron chi connectivity index (χ3n) is 2.35. The van der Waals surface area contributed by atoms with Crippen LogP contribution in [-0.4, -0.2) is 27.8 Å². The van der Waals surface area contributed by atoms with Crippen LogP contribution in [0.3, 0.4) is 0 Å². The molecular weight excluding hydrogens is 282 g/mol. The Bertz CT molecular complexity index is 659. The van der Waals surface area contributed by atoms with Gasteiger partial charge in [-0.25, -0.2) is 0 Å². The minimum Gasteiger partial charge on any atom is -0.384 e. The van der Waals surface area contributed by atoms with Gasteiger partial charge in [0.25, 0.3) is 5.91 Å². The summed E-state index contributed by atoms with van der Waals surface area (Å²) < 4.78 is 4.56. The maximum absolute atomic E-state index is 11.9. The summed E-state index contributed by atoms with van der Waals surface area (Å²) in [5, 5.41) is 15.2. The summed E-state index contributed by atoms with van der Waals surface area (Å²) in [5.74, 6) is 5.26. The number of halogens is 1. The number of hydrogen-bond acceptors (Lipinski definition) is 5. The van der Waals surface area contributed by atoms with Gasteiger partial charge in [0.1, 0.15) is 6.61 Å². The van der Waals surface area contributed by atoms with Crippen LogP contribution in [0, 0.1) is 11.8 Å². The van der Waals surface area contributed by atoms with Crippen LogP contribution in [0.2, 0.25) is 5.02 Å². The molecule has 0 fully saturated rings. The van der Waals surface area contributed by atoms with Crippen molar-refractivity contribution < 1.29 is 14.4 Å². The Labute approximate surface area is 119 Å². The Morgan fingerprint density at radius 3 is 3.00 bits per heavy atom. The van der Waals surface area contributed by atoms with E-state index in [1.54, 1.807) is 12.1 Å². The smallest absolute Gasteiger partial charge is 0.251 e. The molecule has 2 rings (SSSR count). The van der Waals surface area contributed by atoms with Crippen LogP contribution >= 0.6 is 11.6 Å². The van der Waals surface area contributed by atoms with Crippen LogP contribution in [0.25, 0.3) is 0 Å². The van der Waals surface area contributed by atoms with E-state index in [0.717, 1.165) is 0 Å². The fourth-order valence-electron chi connectivity index (χ4n) is 1.42. The van der Waals surface area contributed by atoms with Crippen molar-refractivity contribution in [1.82, 2.24) is 15.5 Å². The number of rotatable bonds is 3. The molecule has 0 aliphatic rings. The van der Waals surface area contributed by atoms with E-state index in [9.17, 15) is 4.79 Å². The number of hydrogen-bond donors (Lipinski definition) is 2. The van der Waals surface area contributed by atoms with Gasteiger partial charge in [0.05, 0.1) is 11.6 Å². The Morgan fingerprint density at radius 1 is 1.50 bits per heavy atom. The summed E-state index contributed by atoms with van der Waals surface area (Å²) >= 11 is 6.01. The van der Waals surface area contributed by atoms with E-state index in [-0.39, 0.29) is 19.1 Å². The average molecular weight is 292 g/mol. The lowest BCUT2D eigenvalue weighted by Crippen LogP contribution is -2.23. The Balaban J connectivity index is 2.05. The van der Waals surface area contributed by atoms with Crippen LogP contribution < -0.4 is 5.32 Å². The molecule has 2 N–H and O–H groups in total. The zero-order chi connectivity index (χ0) is 14.4. The number of aromatic nitrogens is 2. The fraction of sp³-hybridized carbons (Fsp3) is 0.154. The van der Waals surface area contributed by atoms with Crippen LogP contribution in [0.5, 0.6) is 0 Å². The van der Waals surface area contributed by atoms with Crippen LogP contribution in [0.4, 0.5) is 0 Å². The van der Waals surface area contributed by atoms with Crippen molar-refractivity contribution in [2.24, 2.45) is 0 Å². The highest BCUT2D eigenvalue weighted by molar-refractivity contribution is 6.32. The van der Waals surface area contributed by atoms with Gasteiger partial charge in [0, 0.05) is 11.1 Å². The number of nitrogens with one attached hydrogen (secondary N) is 1. The summed E-state index contributed by atoms with van der Waals surface area (Å²) in [7, 11) is 0. The summed E-state index contributed by atoms with van der Waals surface area (Å²) in [6.45, 7) is -0.0811. The van der Waals surface area contributed by atoms with Crippen molar-refractivity contribution in [3.63, 3.8) is 0 Å². The van der Waals surface area contributed by atoms with E-state index in [4.69, 9.17) is 16.7 Å². The zero-order valence-electron chi connectivity index (χ0n) is 10.3. The lowest BCUT2D eigenvalue weighted by Gasteiger charge is -2.04. The van der Waals surface area contributed by atoms with Gasteiger partial charge in [-0.05, 0) is 18.2 Å². The van der Waals surface area contributed by atoms with E-state index < -0.39 is 0 Å². The Kier molecular flexibility index (Phi) is 4.71. The molecule has 1 aromatic carbocycles. The molecule has 20 heavy (non-hydrogen) atoms. The molecule has 0 saturated carbocycles. The molecular formula is C13H10ClN3O3. The standard InChI is InChI=1S/C13H10ClN3O3/c14-11-6-10(4-3-9(11)2-1-5-18)13(19)15-7-12-16-8-20-17-12/h3-4,6,8,18H,5,7H2,(H,15,19). The normalized spacial score (nSPS) is 9.70. The molecule has 102 valence electrons. The minimum absolute atomic E-state index is 0.166. The second kappa shape index (κ2) is 6.70. The minimum atomic E-state index is -0.307. The molecule has 0 saturated heterocycles. The quantitative estimate of drug-likeness (QED) is 0.824. The molecule has 1 aromatic heterocycles. The van der Waals surface area contributed by atoms with Crippen molar-refractivity contribution in [3.8, 4) is 11.8 Å². The second-order valence-electron chi connectivity index (χ2n) is 3.68. The van der Waals surface area contributed by atoms with Gasteiger partial charge >= 0.3 is 0 Å². The molecule has 0 atom stereocenters. The highest BCUT2D eigenvalue weighted by Crippen LogP contribution is 2.17. The van der Waals surface area contributed by atoms with Crippen LogP contribution in [0.1, 0.15) is 21.7 Å². The predicted molar refractivity (Wildman–Crippen MR) is 70.9 cm³/mol. The first-order valence-electron chi connectivity index (χ1n) is 5.63. The number of carbonyl (C=O) groups excluding carboxylic acids is 1. The lowest BCUT2D eigenvalue weighted by atomic mass is 10.1. The first-order chi connectivity index (χ1) is 9.70. The molecule has 2 aromatic rings. The fourth-order valence-corrected chi connectivity index (χ4v) is 1.65. The molecule has 1 heterocycles. The number of benzene rings is 1. The molecule has 0 aliphatic carbocycles. The predicted octanol–water partition coefficient (Wildman–Crippen LogP) is 0.997. The maximum atomic E-state index is 11.9. The largest absolute Gasteiger partial charge is 0.384 e. The van der Waals surface area contributed by atoms with Gasteiger partial charge in [0.15, 0.2) is 5.82 Å². The third-order valence-corrected chi connectivity index (χ3v) is 2.66. The van der Waals surface area contributed by atoms with Crippen molar-refractivity contribution in [3.05, 3.63) is 46.6 Å². The van der Waals surface area contributed by atoms with Crippen LogP contribution in [-0.2, 0) is 6.54 Å². The zero-order valence-corrected chi connectivity index (χ0v) is 11.0. The summed E-state index contributed by atoms with van der Waals surface area (Å²) in [6.07, 6.45) is 1.19. The molecule has 0 radical (unpaired) electrons. The number of nitrogens with zero attached hydrogens (tertiary/aromatic N) is 2. The molecule has 0 aliphatic heterocycles. The van der Waals surface area contributed by atoms with E-state index in [1.165, 1.54) is 12.5 Å². The van der Waals surface area contributed by atoms with Gasteiger partial charge in [-0.1, -0.05) is 28.6 Å². The molecule has 1 amide bonds. The highest BCUT2D eigenvalue weighted by atomic mass is 35.5. The van der Waals surface area contributed by atoms with Crippen LogP contribution in [0.15, 0.2) is 29.1 Å². The monoisotopic (exact) mass is 291 g/mol. The molecule has 7 heteroatoms. The van der Waals surface area contributed by atoms with Crippen molar-refractivity contribution in [1.29, 1.82) is 0 Å².